The van der Waals surface area contributed by atoms with Crippen LogP contribution >= 0.6 is 0 Å². The Kier molecular flexibility index (Phi) is 10.4. The first-order valence-electron chi connectivity index (χ1n) is 6.10. The molecule has 0 aliphatic heterocycles. The highest BCUT2D eigenvalue weighted by atomic mass is 16.5. The highest BCUT2D eigenvalue weighted by Crippen LogP contribution is 1.92. The van der Waals surface area contributed by atoms with Crippen LogP contribution in [-0.4, -0.2) is 11.9 Å². The monoisotopic (exact) mass is 252 g/mol. The maximum Gasteiger partial charge on any atom is 0.335 e. The van der Waals surface area contributed by atoms with Gasteiger partial charge in [-0.05, 0) is 25.0 Å². The molecule has 0 spiro atoms. The Morgan fingerprint density at radius 1 is 0.833 bits per heavy atom. The fourth-order valence-corrected chi connectivity index (χ4v) is 0.914. The van der Waals surface area contributed by atoms with Gasteiger partial charge in [0.1, 0.15) is 0 Å². The Hall–Kier alpha value is -1.84. The number of ether oxygens (including phenoxy) is 2. The van der Waals surface area contributed by atoms with Crippen molar-refractivity contribution in [1.29, 1.82) is 0 Å². The zero-order valence-corrected chi connectivity index (χ0v) is 10.9. The van der Waals surface area contributed by atoms with Crippen LogP contribution in [0.15, 0.2) is 36.8 Å². The van der Waals surface area contributed by atoms with E-state index in [9.17, 15) is 9.59 Å². The minimum absolute atomic E-state index is 0.600. The Bertz CT molecular complexity index is 295. The molecule has 0 N–H and O–H groups in total. The summed E-state index contributed by atoms with van der Waals surface area (Å²) in [4.78, 5) is 22.2. The average Bonchev–Trinajstić information content (AvgIpc) is 2.37. The SMILES string of the molecule is CCCC=COC(=O)/C=C\C(=O)OC=CCCC. The standard InChI is InChI=1S/C14H20O4/c1-3-5-7-11-17-13(15)9-10-14(16)18-12-8-6-4-2/h7-12H,3-6H2,1-2H3/b10-9-,11-7?,12-8?. The van der Waals surface area contributed by atoms with Crippen LogP contribution in [-0.2, 0) is 19.1 Å². The summed E-state index contributed by atoms with van der Waals surface area (Å²) in [5.74, 6) is -1.20. The predicted molar refractivity (Wildman–Crippen MR) is 69.4 cm³/mol. The molecular weight excluding hydrogens is 232 g/mol. The van der Waals surface area contributed by atoms with E-state index in [1.165, 1.54) is 12.5 Å². The Morgan fingerprint density at radius 3 is 1.56 bits per heavy atom. The average molecular weight is 252 g/mol. The highest BCUT2D eigenvalue weighted by Gasteiger charge is 1.97. The van der Waals surface area contributed by atoms with Crippen LogP contribution in [0.25, 0.3) is 0 Å². The van der Waals surface area contributed by atoms with Crippen LogP contribution in [0.1, 0.15) is 39.5 Å². The van der Waals surface area contributed by atoms with Crippen LogP contribution in [0.5, 0.6) is 0 Å². The van der Waals surface area contributed by atoms with E-state index in [1.807, 2.05) is 13.8 Å². The molecule has 18 heavy (non-hydrogen) atoms. The molecule has 0 amide bonds. The number of hydrogen-bond acceptors (Lipinski definition) is 4. The molecule has 4 heteroatoms. The summed E-state index contributed by atoms with van der Waals surface area (Å²) >= 11 is 0. The Labute approximate surface area is 108 Å². The molecule has 0 saturated carbocycles. The molecular formula is C14H20O4. The Morgan fingerprint density at radius 2 is 1.22 bits per heavy atom. The second kappa shape index (κ2) is 11.6. The molecule has 0 aromatic rings. The molecule has 0 heterocycles. The first kappa shape index (κ1) is 16.2. The van der Waals surface area contributed by atoms with E-state index in [2.05, 4.69) is 0 Å². The summed E-state index contributed by atoms with van der Waals surface area (Å²) < 4.78 is 9.41. The van der Waals surface area contributed by atoms with Gasteiger partial charge in [-0.1, -0.05) is 26.7 Å². The molecule has 0 unspecified atom stereocenters. The van der Waals surface area contributed by atoms with Crippen molar-refractivity contribution in [2.45, 2.75) is 39.5 Å². The molecule has 0 bridgehead atoms. The predicted octanol–water partition coefficient (Wildman–Crippen LogP) is 3.26. The third-order valence-corrected chi connectivity index (χ3v) is 1.83. The third kappa shape index (κ3) is 10.7. The number of esters is 2. The van der Waals surface area contributed by atoms with E-state index in [0.717, 1.165) is 37.8 Å². The number of carbonyl (C=O) groups is 2. The van der Waals surface area contributed by atoms with Crippen LogP contribution in [0, 0.1) is 0 Å². The van der Waals surface area contributed by atoms with Gasteiger partial charge in [-0.25, -0.2) is 9.59 Å². The lowest BCUT2D eigenvalue weighted by molar-refractivity contribution is -0.135. The molecule has 0 rings (SSSR count). The van der Waals surface area contributed by atoms with Crippen molar-refractivity contribution < 1.29 is 19.1 Å². The first-order chi connectivity index (χ1) is 8.70. The summed E-state index contributed by atoms with van der Waals surface area (Å²) in [6.07, 6.45) is 11.9. The smallest absolute Gasteiger partial charge is 0.335 e. The van der Waals surface area contributed by atoms with Gasteiger partial charge in [0, 0.05) is 12.2 Å². The maximum absolute atomic E-state index is 11.1. The van der Waals surface area contributed by atoms with Crippen LogP contribution < -0.4 is 0 Å². The minimum atomic E-state index is -0.600. The van der Waals surface area contributed by atoms with Crippen molar-refractivity contribution >= 4 is 11.9 Å². The normalized spacial score (nSPS) is 11.4. The fraction of sp³-hybridized carbons (Fsp3) is 0.429. The van der Waals surface area contributed by atoms with Gasteiger partial charge >= 0.3 is 11.9 Å². The van der Waals surface area contributed by atoms with Crippen molar-refractivity contribution in [1.82, 2.24) is 0 Å². The number of hydrogen-bond donors (Lipinski definition) is 0. The summed E-state index contributed by atoms with van der Waals surface area (Å²) in [5, 5.41) is 0. The molecule has 0 aromatic heterocycles. The molecule has 0 atom stereocenters. The second-order valence-corrected chi connectivity index (χ2v) is 3.53. The third-order valence-electron chi connectivity index (χ3n) is 1.83. The largest absolute Gasteiger partial charge is 0.432 e. The lowest BCUT2D eigenvalue weighted by Gasteiger charge is -1.93. The summed E-state index contributed by atoms with van der Waals surface area (Å²) in [6, 6.07) is 0. The van der Waals surface area contributed by atoms with Gasteiger partial charge in [-0.3, -0.25) is 0 Å². The van der Waals surface area contributed by atoms with Gasteiger partial charge in [0.2, 0.25) is 0 Å². The van der Waals surface area contributed by atoms with E-state index in [0.29, 0.717) is 0 Å². The zero-order valence-electron chi connectivity index (χ0n) is 10.9. The summed E-state index contributed by atoms with van der Waals surface area (Å²) in [5.41, 5.74) is 0. The van der Waals surface area contributed by atoms with E-state index in [1.54, 1.807) is 12.2 Å². The number of carbonyl (C=O) groups excluding carboxylic acids is 2. The lowest BCUT2D eigenvalue weighted by Crippen LogP contribution is -1.98. The van der Waals surface area contributed by atoms with Crippen molar-refractivity contribution in [3.63, 3.8) is 0 Å². The highest BCUT2D eigenvalue weighted by molar-refractivity contribution is 5.92. The van der Waals surface area contributed by atoms with E-state index in [4.69, 9.17) is 9.47 Å². The minimum Gasteiger partial charge on any atom is -0.432 e. The van der Waals surface area contributed by atoms with Crippen molar-refractivity contribution in [2.24, 2.45) is 0 Å². The van der Waals surface area contributed by atoms with E-state index < -0.39 is 11.9 Å². The van der Waals surface area contributed by atoms with E-state index >= 15 is 0 Å². The maximum atomic E-state index is 11.1. The van der Waals surface area contributed by atoms with E-state index in [-0.39, 0.29) is 0 Å². The first-order valence-corrected chi connectivity index (χ1v) is 6.10. The van der Waals surface area contributed by atoms with Crippen molar-refractivity contribution in [3.05, 3.63) is 36.8 Å². The summed E-state index contributed by atoms with van der Waals surface area (Å²) in [6.45, 7) is 4.04. The van der Waals surface area contributed by atoms with Gasteiger partial charge in [0.25, 0.3) is 0 Å². The van der Waals surface area contributed by atoms with Gasteiger partial charge < -0.3 is 9.47 Å². The lowest BCUT2D eigenvalue weighted by atomic mass is 10.3. The summed E-state index contributed by atoms with van der Waals surface area (Å²) in [7, 11) is 0. The molecule has 0 aromatic carbocycles. The van der Waals surface area contributed by atoms with Crippen LogP contribution in [0.3, 0.4) is 0 Å². The van der Waals surface area contributed by atoms with Crippen molar-refractivity contribution in [3.8, 4) is 0 Å². The molecule has 0 radical (unpaired) electrons. The number of unbranched alkanes of at least 4 members (excludes halogenated alkanes) is 2. The molecule has 0 aliphatic rings. The molecule has 0 saturated heterocycles. The molecule has 4 nitrogen and oxygen atoms in total. The molecule has 0 aliphatic carbocycles. The van der Waals surface area contributed by atoms with Crippen molar-refractivity contribution in [2.75, 3.05) is 0 Å². The topological polar surface area (TPSA) is 52.6 Å². The Balaban J connectivity index is 3.84. The number of rotatable bonds is 8. The van der Waals surface area contributed by atoms with Gasteiger partial charge in [-0.15, -0.1) is 0 Å². The zero-order chi connectivity index (χ0) is 13.6. The molecule has 0 fully saturated rings. The quantitative estimate of drug-likeness (QED) is 0.378. The van der Waals surface area contributed by atoms with Gasteiger partial charge in [0.15, 0.2) is 0 Å². The fourth-order valence-electron chi connectivity index (χ4n) is 0.914. The van der Waals surface area contributed by atoms with Crippen LogP contribution in [0.2, 0.25) is 0 Å². The van der Waals surface area contributed by atoms with Gasteiger partial charge in [-0.2, -0.15) is 0 Å². The number of allylic oxidation sites excluding steroid dienone is 2. The van der Waals surface area contributed by atoms with Gasteiger partial charge in [0.05, 0.1) is 12.5 Å². The molecule has 100 valence electrons. The second-order valence-electron chi connectivity index (χ2n) is 3.53. The van der Waals surface area contributed by atoms with Crippen LogP contribution in [0.4, 0.5) is 0 Å².